The Balaban J connectivity index is 1.80. The van der Waals surface area contributed by atoms with E-state index >= 15 is 0 Å². The van der Waals surface area contributed by atoms with Gasteiger partial charge in [0.15, 0.2) is 0 Å². The number of aromatic amines is 1. The molecule has 1 N–H and O–H groups in total. The van der Waals surface area contributed by atoms with Crippen LogP contribution in [0.2, 0.25) is 0 Å². The van der Waals surface area contributed by atoms with E-state index in [9.17, 15) is 14.4 Å². The second-order valence-corrected chi connectivity index (χ2v) is 6.39. The minimum atomic E-state index is -0.457. The van der Waals surface area contributed by atoms with Crippen LogP contribution in [-0.2, 0) is 20.8 Å². The van der Waals surface area contributed by atoms with Crippen molar-refractivity contribution in [2.75, 3.05) is 19.5 Å². The summed E-state index contributed by atoms with van der Waals surface area (Å²) in [5.74, 6) is 0.813. The maximum atomic E-state index is 11.8. The molecule has 0 radical (unpaired) electrons. The van der Waals surface area contributed by atoms with Crippen molar-refractivity contribution in [2.45, 2.75) is 37.2 Å². The van der Waals surface area contributed by atoms with E-state index in [1.165, 1.54) is 16.8 Å². The van der Waals surface area contributed by atoms with Gasteiger partial charge in [-0.1, -0.05) is 0 Å². The third-order valence-corrected chi connectivity index (χ3v) is 4.88. The number of H-pyrrole nitrogens is 1. The molecule has 1 aromatic rings. The maximum absolute atomic E-state index is 11.8. The van der Waals surface area contributed by atoms with Crippen molar-refractivity contribution in [1.29, 1.82) is 0 Å². The Labute approximate surface area is 132 Å². The zero-order valence-electron chi connectivity index (χ0n) is 12.4. The molecule has 8 heteroatoms. The Hall–Kier alpha value is -1.54. The summed E-state index contributed by atoms with van der Waals surface area (Å²) in [5, 5.41) is -0.0562. The van der Waals surface area contributed by atoms with Crippen molar-refractivity contribution in [1.82, 2.24) is 9.55 Å². The third kappa shape index (κ3) is 4.74. The highest BCUT2D eigenvalue weighted by molar-refractivity contribution is 8.00. The van der Waals surface area contributed by atoms with Gasteiger partial charge in [-0.15, -0.1) is 11.8 Å². The Morgan fingerprint density at radius 3 is 3.00 bits per heavy atom. The summed E-state index contributed by atoms with van der Waals surface area (Å²) in [6.07, 6.45) is 3.58. The first-order valence-electron chi connectivity index (χ1n) is 7.21. The number of carbonyl (C=O) groups excluding carboxylic acids is 1. The van der Waals surface area contributed by atoms with Crippen LogP contribution < -0.4 is 11.2 Å². The van der Waals surface area contributed by atoms with Gasteiger partial charge in [0.2, 0.25) is 0 Å². The molecule has 122 valence electrons. The van der Waals surface area contributed by atoms with Crippen LogP contribution in [0.4, 0.5) is 0 Å². The van der Waals surface area contributed by atoms with Crippen LogP contribution in [0.3, 0.4) is 0 Å². The second kappa shape index (κ2) is 8.19. The van der Waals surface area contributed by atoms with Crippen LogP contribution in [0.1, 0.15) is 19.3 Å². The van der Waals surface area contributed by atoms with Crippen molar-refractivity contribution in [3.63, 3.8) is 0 Å². The van der Waals surface area contributed by atoms with Gasteiger partial charge >= 0.3 is 11.7 Å². The van der Waals surface area contributed by atoms with Crippen molar-refractivity contribution in [2.24, 2.45) is 0 Å². The molecule has 2 unspecified atom stereocenters. The van der Waals surface area contributed by atoms with Crippen LogP contribution >= 0.6 is 11.8 Å². The highest BCUT2D eigenvalue weighted by atomic mass is 32.2. The van der Waals surface area contributed by atoms with E-state index in [1.54, 1.807) is 18.9 Å². The third-order valence-electron chi connectivity index (χ3n) is 3.53. The van der Waals surface area contributed by atoms with E-state index in [2.05, 4.69) is 4.98 Å². The predicted molar refractivity (Wildman–Crippen MR) is 83.2 cm³/mol. The summed E-state index contributed by atoms with van der Waals surface area (Å²) in [4.78, 5) is 36.6. The average molecular weight is 328 g/mol. The summed E-state index contributed by atoms with van der Waals surface area (Å²) in [7, 11) is 1.54. The lowest BCUT2D eigenvalue weighted by molar-refractivity contribution is -0.146. The van der Waals surface area contributed by atoms with Gasteiger partial charge in [-0.2, -0.15) is 0 Å². The number of esters is 1. The Bertz CT molecular complexity index is 606. The molecule has 2 atom stereocenters. The monoisotopic (exact) mass is 328 g/mol. The fraction of sp³-hybridized carbons (Fsp3) is 0.643. The molecular formula is C14H20N2O5S. The van der Waals surface area contributed by atoms with Crippen LogP contribution in [0.25, 0.3) is 0 Å². The van der Waals surface area contributed by atoms with E-state index in [1.807, 2.05) is 0 Å². The van der Waals surface area contributed by atoms with Crippen molar-refractivity contribution in [3.8, 4) is 0 Å². The SMILES string of the molecule is COC(CCn1ccc(=O)[nH]c1=O)COC(=O)C1CCCS1. The number of methoxy groups -OCH3 is 1. The minimum Gasteiger partial charge on any atom is -0.462 e. The van der Waals surface area contributed by atoms with Crippen LogP contribution in [0.15, 0.2) is 21.9 Å². The number of ether oxygens (including phenoxy) is 2. The quantitative estimate of drug-likeness (QED) is 0.728. The molecule has 0 aliphatic carbocycles. The lowest BCUT2D eigenvalue weighted by atomic mass is 10.2. The van der Waals surface area contributed by atoms with Crippen molar-refractivity contribution >= 4 is 17.7 Å². The van der Waals surface area contributed by atoms with E-state index in [0.29, 0.717) is 13.0 Å². The lowest BCUT2D eigenvalue weighted by Crippen LogP contribution is -2.31. The number of rotatable bonds is 7. The van der Waals surface area contributed by atoms with Crippen molar-refractivity contribution in [3.05, 3.63) is 33.1 Å². The predicted octanol–water partition coefficient (Wildman–Crippen LogP) is 0.381. The van der Waals surface area contributed by atoms with Gasteiger partial charge in [-0.05, 0) is 25.0 Å². The normalized spacial score (nSPS) is 19.0. The summed E-state index contributed by atoms with van der Waals surface area (Å²) in [6, 6.07) is 1.29. The smallest absolute Gasteiger partial charge is 0.328 e. The van der Waals surface area contributed by atoms with Crippen molar-refractivity contribution < 1.29 is 14.3 Å². The Kier molecular flexibility index (Phi) is 6.26. The number of thioether (sulfide) groups is 1. The van der Waals surface area contributed by atoms with E-state index < -0.39 is 11.2 Å². The first kappa shape index (κ1) is 16.8. The molecule has 1 aliphatic heterocycles. The summed E-state index contributed by atoms with van der Waals surface area (Å²) in [5.41, 5.74) is -0.880. The molecule has 0 aromatic carbocycles. The molecule has 0 bridgehead atoms. The Morgan fingerprint density at radius 1 is 1.55 bits per heavy atom. The average Bonchev–Trinajstić information content (AvgIpc) is 3.03. The standard InChI is InChI=1S/C14H20N2O5S/c1-20-10(9-21-13(18)11-3-2-8-22-11)4-6-16-7-5-12(17)15-14(16)19/h5,7,10-11H,2-4,6,8-9H2,1H3,(H,15,17,19). The van der Waals surface area contributed by atoms with Gasteiger partial charge in [0, 0.05) is 25.9 Å². The maximum Gasteiger partial charge on any atom is 0.328 e. The van der Waals surface area contributed by atoms with Crippen LogP contribution in [0.5, 0.6) is 0 Å². The highest BCUT2D eigenvalue weighted by Crippen LogP contribution is 2.27. The number of carbonyl (C=O) groups is 1. The van der Waals surface area contributed by atoms with E-state index in [4.69, 9.17) is 9.47 Å². The first-order valence-corrected chi connectivity index (χ1v) is 8.26. The topological polar surface area (TPSA) is 90.4 Å². The summed E-state index contributed by atoms with van der Waals surface area (Å²) >= 11 is 1.63. The molecular weight excluding hydrogens is 308 g/mol. The molecule has 7 nitrogen and oxygen atoms in total. The van der Waals surface area contributed by atoms with Gasteiger partial charge in [0.1, 0.15) is 11.9 Å². The number of hydrogen-bond donors (Lipinski definition) is 1. The molecule has 0 saturated carbocycles. The minimum absolute atomic E-state index is 0.0562. The zero-order chi connectivity index (χ0) is 15.9. The molecule has 0 amide bonds. The van der Waals surface area contributed by atoms with E-state index in [0.717, 1.165) is 18.6 Å². The lowest BCUT2D eigenvalue weighted by Gasteiger charge is -2.17. The zero-order valence-corrected chi connectivity index (χ0v) is 13.3. The van der Waals surface area contributed by atoms with Gasteiger partial charge in [-0.3, -0.25) is 14.6 Å². The molecule has 22 heavy (non-hydrogen) atoms. The van der Waals surface area contributed by atoms with Gasteiger partial charge in [-0.25, -0.2) is 4.79 Å². The first-order chi connectivity index (χ1) is 10.6. The number of nitrogens with one attached hydrogen (secondary N) is 1. The molecule has 2 rings (SSSR count). The van der Waals surface area contributed by atoms with Crippen LogP contribution in [-0.4, -0.2) is 46.3 Å². The number of aromatic nitrogens is 2. The molecule has 1 saturated heterocycles. The molecule has 1 aliphatic rings. The largest absolute Gasteiger partial charge is 0.462 e. The number of nitrogens with zero attached hydrogens (tertiary/aromatic N) is 1. The fourth-order valence-corrected chi connectivity index (χ4v) is 3.36. The number of hydrogen-bond acceptors (Lipinski definition) is 6. The summed E-state index contributed by atoms with van der Waals surface area (Å²) < 4.78 is 12.0. The second-order valence-electron chi connectivity index (χ2n) is 5.08. The van der Waals surface area contributed by atoms with Crippen LogP contribution in [0, 0.1) is 0 Å². The molecule has 1 fully saturated rings. The fourth-order valence-electron chi connectivity index (χ4n) is 2.20. The molecule has 1 aromatic heterocycles. The highest BCUT2D eigenvalue weighted by Gasteiger charge is 2.25. The summed E-state index contributed by atoms with van der Waals surface area (Å²) in [6.45, 7) is 0.550. The van der Waals surface area contributed by atoms with Gasteiger partial charge in [0.25, 0.3) is 5.56 Å². The Morgan fingerprint density at radius 2 is 2.36 bits per heavy atom. The molecule has 2 heterocycles. The molecule has 0 spiro atoms. The van der Waals surface area contributed by atoms with E-state index in [-0.39, 0.29) is 23.9 Å². The van der Waals surface area contributed by atoms with Gasteiger partial charge in [0.05, 0.1) is 6.10 Å². The number of aryl methyl sites for hydroxylation is 1. The van der Waals surface area contributed by atoms with Gasteiger partial charge < -0.3 is 14.0 Å².